The molecule has 1 aliphatic rings. The summed E-state index contributed by atoms with van der Waals surface area (Å²) in [5.74, 6) is 0.602. The van der Waals surface area contributed by atoms with Gasteiger partial charge in [0, 0.05) is 12.0 Å². The number of rotatable bonds is 2. The minimum atomic E-state index is 0.391. The van der Waals surface area contributed by atoms with E-state index < -0.39 is 0 Å². The fraction of sp³-hybridized carbons (Fsp3) is 0.200. The van der Waals surface area contributed by atoms with Gasteiger partial charge in [0.25, 0.3) is 0 Å². The second kappa shape index (κ2) is 3.76. The lowest BCUT2D eigenvalue weighted by Gasteiger charge is -2.03. The zero-order valence-electron chi connectivity index (χ0n) is 9.14. The third kappa shape index (κ3) is 1.74. The summed E-state index contributed by atoms with van der Waals surface area (Å²) in [7, 11) is 0. The maximum atomic E-state index is 5.85. The first-order chi connectivity index (χ1) is 7.84. The molecule has 1 saturated carbocycles. The third-order valence-corrected chi connectivity index (χ3v) is 3.29. The maximum Gasteiger partial charge on any atom is 0.0115 e. The highest BCUT2D eigenvalue weighted by Gasteiger charge is 2.34. The molecule has 0 unspecified atom stereocenters. The van der Waals surface area contributed by atoms with Crippen molar-refractivity contribution in [2.75, 3.05) is 0 Å². The van der Waals surface area contributed by atoms with E-state index >= 15 is 0 Å². The van der Waals surface area contributed by atoms with Crippen molar-refractivity contribution in [2.45, 2.75) is 18.4 Å². The van der Waals surface area contributed by atoms with Crippen LogP contribution in [0.25, 0.3) is 11.1 Å². The van der Waals surface area contributed by atoms with Gasteiger partial charge in [-0.3, -0.25) is 0 Å². The van der Waals surface area contributed by atoms with Crippen LogP contribution < -0.4 is 5.73 Å². The lowest BCUT2D eigenvalue weighted by molar-refractivity contribution is 0.991. The normalized spacial score (nSPS) is 23.1. The van der Waals surface area contributed by atoms with Gasteiger partial charge < -0.3 is 5.73 Å². The molecule has 2 atom stereocenters. The lowest BCUT2D eigenvalue weighted by atomic mass is 10.0. The number of benzene rings is 2. The predicted octanol–water partition coefficient (Wildman–Crippen LogP) is 3.17. The van der Waals surface area contributed by atoms with E-state index in [9.17, 15) is 0 Å². The zero-order chi connectivity index (χ0) is 11.0. The van der Waals surface area contributed by atoms with Gasteiger partial charge in [0.2, 0.25) is 0 Å². The first kappa shape index (κ1) is 9.61. The zero-order valence-corrected chi connectivity index (χ0v) is 9.14. The van der Waals surface area contributed by atoms with Crippen LogP contribution in [-0.2, 0) is 0 Å². The van der Waals surface area contributed by atoms with Gasteiger partial charge in [-0.05, 0) is 23.1 Å². The standard InChI is InChI=1S/C15H15N/c16-15-10-14(15)13-8-6-12(7-9-13)11-4-2-1-3-5-11/h1-9,14-15H,10,16H2/t14-,15+/m0/s1. The Bertz CT molecular complexity index is 473. The average Bonchev–Trinajstić information content (AvgIpc) is 3.08. The Balaban J connectivity index is 1.88. The SMILES string of the molecule is N[C@@H]1C[C@H]1c1ccc(-c2ccccc2)cc1. The van der Waals surface area contributed by atoms with E-state index in [1.165, 1.54) is 16.7 Å². The molecule has 2 N–H and O–H groups in total. The fourth-order valence-electron chi connectivity index (χ4n) is 2.15. The summed E-state index contributed by atoms with van der Waals surface area (Å²) in [6.07, 6.45) is 1.14. The van der Waals surface area contributed by atoms with Crippen molar-refractivity contribution in [3.63, 3.8) is 0 Å². The highest BCUT2D eigenvalue weighted by atomic mass is 14.7. The molecular formula is C15H15N. The Morgan fingerprint density at radius 2 is 1.38 bits per heavy atom. The highest BCUT2D eigenvalue weighted by Crippen LogP contribution is 2.39. The molecule has 3 rings (SSSR count). The monoisotopic (exact) mass is 209 g/mol. The Morgan fingerprint density at radius 3 is 1.94 bits per heavy atom. The van der Waals surface area contributed by atoms with Gasteiger partial charge in [0.15, 0.2) is 0 Å². The maximum absolute atomic E-state index is 5.85. The van der Waals surface area contributed by atoms with Crippen molar-refractivity contribution < 1.29 is 0 Å². The molecule has 0 aliphatic heterocycles. The predicted molar refractivity (Wildman–Crippen MR) is 67.2 cm³/mol. The van der Waals surface area contributed by atoms with Gasteiger partial charge in [-0.25, -0.2) is 0 Å². The first-order valence-corrected chi connectivity index (χ1v) is 5.75. The number of hydrogen-bond donors (Lipinski definition) is 1. The van der Waals surface area contributed by atoms with Crippen LogP contribution >= 0.6 is 0 Å². The van der Waals surface area contributed by atoms with Crippen molar-refractivity contribution in [3.8, 4) is 11.1 Å². The van der Waals surface area contributed by atoms with E-state index in [2.05, 4.69) is 48.5 Å². The van der Waals surface area contributed by atoms with E-state index in [0.717, 1.165) is 6.42 Å². The Kier molecular flexibility index (Phi) is 2.26. The van der Waals surface area contributed by atoms with Crippen LogP contribution in [0.5, 0.6) is 0 Å². The molecule has 0 radical (unpaired) electrons. The van der Waals surface area contributed by atoms with E-state index in [1.54, 1.807) is 0 Å². The molecule has 1 fully saturated rings. The quantitative estimate of drug-likeness (QED) is 0.807. The van der Waals surface area contributed by atoms with Crippen LogP contribution in [0.2, 0.25) is 0 Å². The highest BCUT2D eigenvalue weighted by molar-refractivity contribution is 5.63. The molecule has 1 aliphatic carbocycles. The Morgan fingerprint density at radius 1 is 0.812 bits per heavy atom. The lowest BCUT2D eigenvalue weighted by Crippen LogP contribution is -2.00. The Hall–Kier alpha value is -1.60. The van der Waals surface area contributed by atoms with Crippen molar-refractivity contribution in [1.29, 1.82) is 0 Å². The smallest absolute Gasteiger partial charge is 0.0115 e. The molecule has 0 aromatic heterocycles. The van der Waals surface area contributed by atoms with Crippen LogP contribution in [0.1, 0.15) is 17.9 Å². The summed E-state index contributed by atoms with van der Waals surface area (Å²) in [5.41, 5.74) is 9.78. The first-order valence-electron chi connectivity index (χ1n) is 5.75. The summed E-state index contributed by atoms with van der Waals surface area (Å²) in [6, 6.07) is 19.6. The van der Waals surface area contributed by atoms with Crippen LogP contribution in [0.3, 0.4) is 0 Å². The molecule has 1 nitrogen and oxygen atoms in total. The minimum absolute atomic E-state index is 0.391. The fourth-order valence-corrected chi connectivity index (χ4v) is 2.15. The van der Waals surface area contributed by atoms with E-state index in [4.69, 9.17) is 5.73 Å². The van der Waals surface area contributed by atoms with E-state index in [-0.39, 0.29) is 0 Å². The van der Waals surface area contributed by atoms with Gasteiger partial charge in [0.05, 0.1) is 0 Å². The van der Waals surface area contributed by atoms with Gasteiger partial charge in [-0.1, -0.05) is 54.6 Å². The van der Waals surface area contributed by atoms with Crippen molar-refractivity contribution in [3.05, 3.63) is 60.2 Å². The van der Waals surface area contributed by atoms with Crippen LogP contribution in [0.4, 0.5) is 0 Å². The molecular weight excluding hydrogens is 194 g/mol. The molecule has 2 aromatic rings. The number of hydrogen-bond acceptors (Lipinski definition) is 1. The third-order valence-electron chi connectivity index (χ3n) is 3.29. The molecule has 80 valence electrons. The Labute approximate surface area is 95.9 Å². The van der Waals surface area contributed by atoms with E-state index in [0.29, 0.717) is 12.0 Å². The number of nitrogens with two attached hydrogens (primary N) is 1. The second-order valence-corrected chi connectivity index (χ2v) is 4.49. The van der Waals surface area contributed by atoms with Crippen molar-refractivity contribution in [1.82, 2.24) is 0 Å². The topological polar surface area (TPSA) is 26.0 Å². The van der Waals surface area contributed by atoms with Crippen molar-refractivity contribution in [2.24, 2.45) is 5.73 Å². The summed E-state index contributed by atoms with van der Waals surface area (Å²) in [5, 5.41) is 0. The molecule has 0 saturated heterocycles. The van der Waals surface area contributed by atoms with Gasteiger partial charge >= 0.3 is 0 Å². The van der Waals surface area contributed by atoms with Crippen LogP contribution in [0.15, 0.2) is 54.6 Å². The molecule has 2 aromatic carbocycles. The van der Waals surface area contributed by atoms with Crippen molar-refractivity contribution >= 4 is 0 Å². The summed E-state index contributed by atoms with van der Waals surface area (Å²) in [6.45, 7) is 0. The summed E-state index contributed by atoms with van der Waals surface area (Å²) >= 11 is 0. The van der Waals surface area contributed by atoms with Crippen LogP contribution in [-0.4, -0.2) is 6.04 Å². The molecule has 0 spiro atoms. The molecule has 16 heavy (non-hydrogen) atoms. The largest absolute Gasteiger partial charge is 0.327 e. The molecule has 1 heteroatoms. The summed E-state index contributed by atoms with van der Waals surface area (Å²) in [4.78, 5) is 0. The van der Waals surface area contributed by atoms with E-state index in [1.807, 2.05) is 6.07 Å². The van der Waals surface area contributed by atoms with Gasteiger partial charge in [0.1, 0.15) is 0 Å². The molecule has 0 bridgehead atoms. The summed E-state index contributed by atoms with van der Waals surface area (Å²) < 4.78 is 0. The van der Waals surface area contributed by atoms with Gasteiger partial charge in [-0.15, -0.1) is 0 Å². The molecule has 0 amide bonds. The molecule has 0 heterocycles. The minimum Gasteiger partial charge on any atom is -0.327 e. The van der Waals surface area contributed by atoms with Crippen LogP contribution in [0, 0.1) is 0 Å². The second-order valence-electron chi connectivity index (χ2n) is 4.49. The average molecular weight is 209 g/mol. The van der Waals surface area contributed by atoms with Gasteiger partial charge in [-0.2, -0.15) is 0 Å².